The fourth-order valence-corrected chi connectivity index (χ4v) is 2.88. The van der Waals surface area contributed by atoms with Gasteiger partial charge in [0.05, 0.1) is 13.2 Å². The summed E-state index contributed by atoms with van der Waals surface area (Å²) in [7, 11) is 1.93. The Kier molecular flexibility index (Phi) is 4.99. The van der Waals surface area contributed by atoms with Crippen LogP contribution in [-0.4, -0.2) is 37.7 Å². The molecule has 0 fully saturated rings. The summed E-state index contributed by atoms with van der Waals surface area (Å²) in [5.74, 6) is 0.901. The fraction of sp³-hybridized carbons (Fsp3) is 0.294. The van der Waals surface area contributed by atoms with Crippen LogP contribution in [0.4, 0.5) is 0 Å². The van der Waals surface area contributed by atoms with Crippen molar-refractivity contribution in [3.63, 3.8) is 0 Å². The van der Waals surface area contributed by atoms with Crippen LogP contribution in [-0.2, 0) is 20.1 Å². The highest BCUT2D eigenvalue weighted by atomic mass is 35.5. The van der Waals surface area contributed by atoms with Gasteiger partial charge < -0.3 is 14.7 Å². The first-order chi connectivity index (χ1) is 11.6. The summed E-state index contributed by atoms with van der Waals surface area (Å²) in [5.41, 5.74) is 1.47. The van der Waals surface area contributed by atoms with Crippen LogP contribution < -0.4 is 5.43 Å². The third kappa shape index (κ3) is 3.67. The molecule has 2 N–H and O–H groups in total. The van der Waals surface area contributed by atoms with E-state index < -0.39 is 0 Å². The summed E-state index contributed by atoms with van der Waals surface area (Å²) >= 11 is 5.95. The Labute approximate surface area is 144 Å². The SMILES string of the molecule is Cn1ccnc1CN(CCO)Cc1cc(=O)c2cc(Cl)ccc2[nH]1. The molecule has 0 aliphatic rings. The number of aliphatic hydroxyl groups is 1. The van der Waals surface area contributed by atoms with Gasteiger partial charge >= 0.3 is 0 Å². The molecule has 7 heteroatoms. The van der Waals surface area contributed by atoms with Gasteiger partial charge in [0.1, 0.15) is 5.82 Å². The number of aromatic nitrogens is 3. The lowest BCUT2D eigenvalue weighted by Gasteiger charge is -2.21. The smallest absolute Gasteiger partial charge is 0.189 e. The molecule has 24 heavy (non-hydrogen) atoms. The van der Waals surface area contributed by atoms with Crippen molar-refractivity contribution in [1.82, 2.24) is 19.4 Å². The average Bonchev–Trinajstić information content (AvgIpc) is 2.93. The van der Waals surface area contributed by atoms with E-state index >= 15 is 0 Å². The first-order valence-corrected chi connectivity index (χ1v) is 8.05. The molecule has 0 amide bonds. The van der Waals surface area contributed by atoms with E-state index in [1.807, 2.05) is 22.7 Å². The Hall–Kier alpha value is -2.15. The molecule has 0 bridgehead atoms. The van der Waals surface area contributed by atoms with Gasteiger partial charge in [-0.3, -0.25) is 9.69 Å². The first-order valence-electron chi connectivity index (χ1n) is 7.67. The van der Waals surface area contributed by atoms with Crippen molar-refractivity contribution in [3.8, 4) is 0 Å². The van der Waals surface area contributed by atoms with Crippen LogP contribution in [0.2, 0.25) is 5.02 Å². The number of hydrogen-bond donors (Lipinski definition) is 2. The maximum absolute atomic E-state index is 12.3. The zero-order chi connectivity index (χ0) is 17.1. The second-order valence-electron chi connectivity index (χ2n) is 5.74. The van der Waals surface area contributed by atoms with Gasteiger partial charge in [0.15, 0.2) is 5.43 Å². The summed E-state index contributed by atoms with van der Waals surface area (Å²) in [6.45, 7) is 1.64. The molecule has 0 aliphatic heterocycles. The molecular weight excluding hydrogens is 328 g/mol. The molecule has 0 saturated heterocycles. The fourth-order valence-electron chi connectivity index (χ4n) is 2.70. The zero-order valence-corrected chi connectivity index (χ0v) is 14.1. The van der Waals surface area contributed by atoms with E-state index in [2.05, 4.69) is 9.97 Å². The second kappa shape index (κ2) is 7.17. The number of nitrogens with one attached hydrogen (secondary N) is 1. The highest BCUT2D eigenvalue weighted by molar-refractivity contribution is 6.31. The number of H-pyrrole nitrogens is 1. The van der Waals surface area contributed by atoms with Crippen LogP contribution >= 0.6 is 11.6 Å². The van der Waals surface area contributed by atoms with Gasteiger partial charge in [-0.1, -0.05) is 11.6 Å². The van der Waals surface area contributed by atoms with E-state index in [0.29, 0.717) is 30.0 Å². The summed E-state index contributed by atoms with van der Waals surface area (Å²) in [6.07, 6.45) is 3.63. The molecule has 0 aliphatic carbocycles. The predicted octanol–water partition coefficient (Wildman–Crippen LogP) is 1.91. The molecule has 0 unspecified atom stereocenters. The standard InChI is InChI=1S/C17H19ClN4O2/c1-21-5-4-19-17(21)11-22(6-7-23)10-13-9-16(24)14-8-12(18)2-3-15(14)20-13/h2-5,8-9,23H,6-7,10-11H2,1H3,(H,20,24). The molecule has 0 radical (unpaired) electrons. The van der Waals surface area contributed by atoms with E-state index in [4.69, 9.17) is 11.6 Å². The van der Waals surface area contributed by atoms with E-state index in [0.717, 1.165) is 17.0 Å². The monoisotopic (exact) mass is 346 g/mol. The Morgan fingerprint density at radius 1 is 1.33 bits per heavy atom. The maximum atomic E-state index is 12.3. The van der Waals surface area contributed by atoms with Gasteiger partial charge in [0.25, 0.3) is 0 Å². The van der Waals surface area contributed by atoms with Crippen molar-refractivity contribution in [2.45, 2.75) is 13.1 Å². The lowest BCUT2D eigenvalue weighted by atomic mass is 10.2. The molecule has 0 spiro atoms. The Bertz CT molecular complexity index is 903. The first kappa shape index (κ1) is 16.7. The lowest BCUT2D eigenvalue weighted by Crippen LogP contribution is -2.28. The minimum absolute atomic E-state index is 0.0395. The van der Waals surface area contributed by atoms with Gasteiger partial charge in [0, 0.05) is 60.2 Å². The summed E-state index contributed by atoms with van der Waals surface area (Å²) < 4.78 is 1.94. The van der Waals surface area contributed by atoms with Gasteiger partial charge in [-0.15, -0.1) is 0 Å². The van der Waals surface area contributed by atoms with Crippen LogP contribution in [0.5, 0.6) is 0 Å². The van der Waals surface area contributed by atoms with Crippen molar-refractivity contribution in [1.29, 1.82) is 0 Å². The topological polar surface area (TPSA) is 74.2 Å². The molecule has 126 valence electrons. The number of aliphatic hydroxyl groups excluding tert-OH is 1. The lowest BCUT2D eigenvalue weighted by molar-refractivity contribution is 0.179. The van der Waals surface area contributed by atoms with Crippen LogP contribution in [0.3, 0.4) is 0 Å². The van der Waals surface area contributed by atoms with Gasteiger partial charge in [-0.05, 0) is 18.2 Å². The zero-order valence-electron chi connectivity index (χ0n) is 13.4. The van der Waals surface area contributed by atoms with Gasteiger partial charge in [-0.2, -0.15) is 0 Å². The number of fused-ring (bicyclic) bond motifs is 1. The number of benzene rings is 1. The molecule has 2 aromatic heterocycles. The van der Waals surface area contributed by atoms with E-state index in [9.17, 15) is 9.90 Å². The Morgan fingerprint density at radius 2 is 2.17 bits per heavy atom. The number of pyridine rings is 1. The van der Waals surface area contributed by atoms with Crippen molar-refractivity contribution < 1.29 is 5.11 Å². The van der Waals surface area contributed by atoms with E-state index in [1.54, 1.807) is 30.5 Å². The molecule has 0 atom stereocenters. The number of rotatable bonds is 6. The number of hydrogen-bond acceptors (Lipinski definition) is 4. The number of imidazole rings is 1. The van der Waals surface area contributed by atoms with Crippen molar-refractivity contribution in [3.05, 3.63) is 63.4 Å². The normalized spacial score (nSPS) is 11.5. The predicted molar refractivity (Wildman–Crippen MR) is 94.0 cm³/mol. The molecule has 3 aromatic rings. The maximum Gasteiger partial charge on any atom is 0.189 e. The van der Waals surface area contributed by atoms with Crippen LogP contribution in [0, 0.1) is 0 Å². The summed E-state index contributed by atoms with van der Waals surface area (Å²) in [5, 5.41) is 10.4. The van der Waals surface area contributed by atoms with E-state index in [1.165, 1.54) is 0 Å². The van der Waals surface area contributed by atoms with Crippen molar-refractivity contribution >= 4 is 22.5 Å². The van der Waals surface area contributed by atoms with Crippen molar-refractivity contribution in [2.75, 3.05) is 13.2 Å². The average molecular weight is 347 g/mol. The molecular formula is C17H19ClN4O2. The highest BCUT2D eigenvalue weighted by Crippen LogP contribution is 2.16. The molecule has 2 heterocycles. The quantitative estimate of drug-likeness (QED) is 0.715. The highest BCUT2D eigenvalue weighted by Gasteiger charge is 2.11. The molecule has 6 nitrogen and oxygen atoms in total. The van der Waals surface area contributed by atoms with Crippen LogP contribution in [0.1, 0.15) is 11.5 Å². The molecule has 3 rings (SSSR count). The summed E-state index contributed by atoms with van der Waals surface area (Å²) in [4.78, 5) is 21.9. The van der Waals surface area contributed by atoms with Gasteiger partial charge in [0.2, 0.25) is 0 Å². The number of aromatic amines is 1. The number of nitrogens with zero attached hydrogens (tertiary/aromatic N) is 3. The third-order valence-electron chi connectivity index (χ3n) is 3.94. The molecule has 1 aromatic carbocycles. The number of aryl methyl sites for hydroxylation is 1. The van der Waals surface area contributed by atoms with Crippen LogP contribution in [0.15, 0.2) is 41.5 Å². The summed E-state index contributed by atoms with van der Waals surface area (Å²) in [6, 6.07) is 6.81. The van der Waals surface area contributed by atoms with Crippen molar-refractivity contribution in [2.24, 2.45) is 7.05 Å². The van der Waals surface area contributed by atoms with E-state index in [-0.39, 0.29) is 12.0 Å². The van der Waals surface area contributed by atoms with Crippen LogP contribution in [0.25, 0.3) is 10.9 Å². The minimum Gasteiger partial charge on any atom is -0.395 e. The Balaban J connectivity index is 1.87. The molecule has 0 saturated carbocycles. The Morgan fingerprint density at radius 3 is 2.88 bits per heavy atom. The largest absolute Gasteiger partial charge is 0.395 e. The van der Waals surface area contributed by atoms with Gasteiger partial charge in [-0.25, -0.2) is 4.98 Å². The minimum atomic E-state index is -0.0674. The second-order valence-corrected chi connectivity index (χ2v) is 6.17. The number of halogens is 1. The third-order valence-corrected chi connectivity index (χ3v) is 4.18.